The van der Waals surface area contributed by atoms with Crippen LogP contribution in [-0.4, -0.2) is 34.2 Å². The van der Waals surface area contributed by atoms with E-state index >= 15 is 0 Å². The van der Waals surface area contributed by atoms with Crippen molar-refractivity contribution >= 4 is 22.9 Å². The van der Waals surface area contributed by atoms with E-state index in [1.807, 2.05) is 6.07 Å². The smallest absolute Gasteiger partial charge is 0.267 e. The molecule has 4 rings (SSSR count). The molecule has 29 heavy (non-hydrogen) atoms. The van der Waals surface area contributed by atoms with Gasteiger partial charge in [-0.2, -0.15) is 0 Å². The van der Waals surface area contributed by atoms with Crippen molar-refractivity contribution in [3.63, 3.8) is 0 Å². The summed E-state index contributed by atoms with van der Waals surface area (Å²) >= 11 is 0. The number of likely N-dealkylation sites (N-methyl/N-ethyl adjacent to an activating group) is 1. The SMILES string of the molecule is CN(CCc1cn(C)c2ccccc12)C1CCc2cc(/C=C/C(=O)NO)ccc21. The van der Waals surface area contributed by atoms with Crippen LogP contribution in [0, 0.1) is 0 Å². The third-order valence-electron chi connectivity index (χ3n) is 6.00. The molecular weight excluding hydrogens is 362 g/mol. The zero-order valence-corrected chi connectivity index (χ0v) is 16.9. The standard InChI is InChI=1S/C24H27N3O2/c1-26(14-13-19-16-27(2)22-6-4-3-5-20(19)22)23-11-9-18-15-17(7-10-21(18)23)8-12-24(28)25-29/h3-8,10,12,15-16,23,29H,9,11,13-14H2,1-2H3,(H,25,28)/b12-8+. The van der Waals surface area contributed by atoms with Gasteiger partial charge in [-0.1, -0.05) is 36.4 Å². The lowest BCUT2D eigenvalue weighted by atomic mass is 10.0. The molecule has 0 fully saturated rings. The molecule has 0 spiro atoms. The van der Waals surface area contributed by atoms with Crippen molar-refractivity contribution in [1.29, 1.82) is 0 Å². The minimum atomic E-state index is -0.517. The first-order valence-corrected chi connectivity index (χ1v) is 10.0. The third kappa shape index (κ3) is 3.97. The van der Waals surface area contributed by atoms with Gasteiger partial charge in [0.2, 0.25) is 0 Å². The molecule has 0 saturated carbocycles. The molecule has 1 aromatic heterocycles. The highest BCUT2D eigenvalue weighted by molar-refractivity contribution is 5.90. The second-order valence-electron chi connectivity index (χ2n) is 7.84. The van der Waals surface area contributed by atoms with Gasteiger partial charge in [0.25, 0.3) is 5.91 Å². The molecule has 3 aromatic rings. The molecule has 0 radical (unpaired) electrons. The topological polar surface area (TPSA) is 57.5 Å². The van der Waals surface area contributed by atoms with Crippen LogP contribution in [0.1, 0.15) is 34.7 Å². The summed E-state index contributed by atoms with van der Waals surface area (Å²) in [4.78, 5) is 13.6. The summed E-state index contributed by atoms with van der Waals surface area (Å²) in [6, 6.07) is 15.4. The minimum Gasteiger partial charge on any atom is -0.350 e. The summed E-state index contributed by atoms with van der Waals surface area (Å²) in [7, 11) is 4.32. The molecule has 2 aromatic carbocycles. The molecule has 1 unspecified atom stereocenters. The predicted molar refractivity (Wildman–Crippen MR) is 116 cm³/mol. The van der Waals surface area contributed by atoms with Gasteiger partial charge in [-0.25, -0.2) is 5.48 Å². The van der Waals surface area contributed by atoms with E-state index in [9.17, 15) is 4.79 Å². The Labute approximate surface area is 171 Å². The lowest BCUT2D eigenvalue weighted by molar-refractivity contribution is -0.124. The Balaban J connectivity index is 1.45. The van der Waals surface area contributed by atoms with Crippen molar-refractivity contribution in [1.82, 2.24) is 14.9 Å². The van der Waals surface area contributed by atoms with Crippen LogP contribution in [0.25, 0.3) is 17.0 Å². The van der Waals surface area contributed by atoms with E-state index in [0.29, 0.717) is 6.04 Å². The average molecular weight is 389 g/mol. The number of amides is 1. The van der Waals surface area contributed by atoms with E-state index < -0.39 is 5.91 Å². The third-order valence-corrected chi connectivity index (χ3v) is 6.00. The van der Waals surface area contributed by atoms with Crippen molar-refractivity contribution in [2.45, 2.75) is 25.3 Å². The number of aryl methyl sites for hydroxylation is 2. The van der Waals surface area contributed by atoms with Gasteiger partial charge in [0.1, 0.15) is 0 Å². The second kappa shape index (κ2) is 8.23. The van der Waals surface area contributed by atoms with Crippen LogP contribution >= 0.6 is 0 Å². The second-order valence-corrected chi connectivity index (χ2v) is 7.84. The van der Waals surface area contributed by atoms with Crippen molar-refractivity contribution in [3.05, 3.63) is 77.0 Å². The van der Waals surface area contributed by atoms with Gasteiger partial charge in [0.15, 0.2) is 0 Å². The van der Waals surface area contributed by atoms with Crippen LogP contribution in [0.15, 0.2) is 54.7 Å². The zero-order chi connectivity index (χ0) is 20.4. The average Bonchev–Trinajstić information content (AvgIpc) is 3.31. The number of fused-ring (bicyclic) bond motifs is 2. The Morgan fingerprint density at radius 3 is 2.97 bits per heavy atom. The quantitative estimate of drug-likeness (QED) is 0.382. The van der Waals surface area contributed by atoms with Crippen LogP contribution < -0.4 is 5.48 Å². The number of hydrogen-bond acceptors (Lipinski definition) is 3. The minimum absolute atomic E-state index is 0.429. The van der Waals surface area contributed by atoms with Gasteiger partial charge in [0.05, 0.1) is 0 Å². The number of rotatable bonds is 6. The monoisotopic (exact) mass is 389 g/mol. The zero-order valence-electron chi connectivity index (χ0n) is 16.9. The summed E-state index contributed by atoms with van der Waals surface area (Å²) in [5.74, 6) is -0.517. The summed E-state index contributed by atoms with van der Waals surface area (Å²) in [6.07, 6.45) is 8.51. The maximum absolute atomic E-state index is 11.2. The number of carbonyl (C=O) groups excluding carboxylic acids is 1. The maximum Gasteiger partial charge on any atom is 0.267 e. The van der Waals surface area contributed by atoms with Crippen LogP contribution in [0.4, 0.5) is 0 Å². The largest absolute Gasteiger partial charge is 0.350 e. The molecule has 1 atom stereocenters. The normalized spacial score (nSPS) is 16.1. The molecule has 0 saturated heterocycles. The highest BCUT2D eigenvalue weighted by atomic mass is 16.5. The lowest BCUT2D eigenvalue weighted by Gasteiger charge is -2.25. The summed E-state index contributed by atoms with van der Waals surface area (Å²) < 4.78 is 2.21. The number of nitrogens with zero attached hydrogens (tertiary/aromatic N) is 2. The number of aromatic nitrogens is 1. The molecule has 150 valence electrons. The Morgan fingerprint density at radius 1 is 1.31 bits per heavy atom. The van der Waals surface area contributed by atoms with E-state index in [-0.39, 0.29) is 0 Å². The van der Waals surface area contributed by atoms with Gasteiger partial charge in [-0.05, 0) is 60.7 Å². The summed E-state index contributed by atoms with van der Waals surface area (Å²) in [5.41, 5.74) is 8.01. The summed E-state index contributed by atoms with van der Waals surface area (Å²) in [5, 5.41) is 9.94. The van der Waals surface area contributed by atoms with Gasteiger partial charge in [0, 0.05) is 42.8 Å². The molecule has 2 N–H and O–H groups in total. The van der Waals surface area contributed by atoms with Crippen LogP contribution in [0.2, 0.25) is 0 Å². The van der Waals surface area contributed by atoms with E-state index in [2.05, 4.69) is 66.2 Å². The molecule has 0 aliphatic heterocycles. The molecule has 1 amide bonds. The summed E-state index contributed by atoms with van der Waals surface area (Å²) in [6.45, 7) is 1.01. The van der Waals surface area contributed by atoms with Crippen LogP contribution in [0.5, 0.6) is 0 Å². The Bertz CT molecular complexity index is 1070. The molecule has 1 aliphatic rings. The van der Waals surface area contributed by atoms with Crippen molar-refractivity contribution in [2.75, 3.05) is 13.6 Å². The predicted octanol–water partition coefficient (Wildman–Crippen LogP) is 3.86. The molecule has 5 nitrogen and oxygen atoms in total. The number of hydrogen-bond donors (Lipinski definition) is 2. The van der Waals surface area contributed by atoms with Crippen LogP contribution in [-0.2, 0) is 24.7 Å². The number of para-hydroxylation sites is 1. The highest BCUT2D eigenvalue weighted by Gasteiger charge is 2.25. The number of nitrogens with one attached hydrogen (secondary N) is 1. The first kappa shape index (κ1) is 19.4. The van der Waals surface area contributed by atoms with Crippen molar-refractivity contribution in [3.8, 4) is 0 Å². The van der Waals surface area contributed by atoms with Gasteiger partial charge >= 0.3 is 0 Å². The number of hydroxylamine groups is 1. The Hall–Kier alpha value is -2.89. The Morgan fingerprint density at radius 2 is 2.14 bits per heavy atom. The van der Waals surface area contributed by atoms with Gasteiger partial charge in [-0.3, -0.25) is 14.9 Å². The molecule has 1 aliphatic carbocycles. The molecule has 5 heteroatoms. The number of benzene rings is 2. The fourth-order valence-electron chi connectivity index (χ4n) is 4.46. The first-order chi connectivity index (χ1) is 14.1. The highest BCUT2D eigenvalue weighted by Crippen LogP contribution is 2.36. The van der Waals surface area contributed by atoms with E-state index in [4.69, 9.17) is 5.21 Å². The molecule has 0 bridgehead atoms. The lowest BCUT2D eigenvalue weighted by Crippen LogP contribution is -2.25. The fraction of sp³-hybridized carbons (Fsp3) is 0.292. The molecular formula is C24H27N3O2. The Kier molecular flexibility index (Phi) is 5.51. The van der Waals surface area contributed by atoms with Crippen molar-refractivity contribution in [2.24, 2.45) is 7.05 Å². The molecule has 1 heterocycles. The number of carbonyl (C=O) groups is 1. The maximum atomic E-state index is 11.2. The fourth-order valence-corrected chi connectivity index (χ4v) is 4.46. The van der Waals surface area contributed by atoms with Crippen LogP contribution in [0.3, 0.4) is 0 Å². The van der Waals surface area contributed by atoms with Gasteiger partial charge < -0.3 is 4.57 Å². The van der Waals surface area contributed by atoms with E-state index in [1.165, 1.54) is 33.7 Å². The van der Waals surface area contributed by atoms with Crippen molar-refractivity contribution < 1.29 is 10.0 Å². The van der Waals surface area contributed by atoms with E-state index in [0.717, 1.165) is 31.4 Å². The first-order valence-electron chi connectivity index (χ1n) is 10.0. The van der Waals surface area contributed by atoms with Gasteiger partial charge in [-0.15, -0.1) is 0 Å². The van der Waals surface area contributed by atoms with E-state index in [1.54, 1.807) is 11.6 Å².